The van der Waals surface area contributed by atoms with E-state index in [1.807, 2.05) is 0 Å². The summed E-state index contributed by atoms with van der Waals surface area (Å²) in [6, 6.07) is 9.38. The minimum absolute atomic E-state index is 0.147. The Hall–Kier alpha value is -2.27. The van der Waals surface area contributed by atoms with Gasteiger partial charge in [-0.05, 0) is 36.8 Å². The molecule has 0 aliphatic carbocycles. The Morgan fingerprint density at radius 1 is 1.24 bits per heavy atom. The van der Waals surface area contributed by atoms with E-state index in [0.29, 0.717) is 17.4 Å². The predicted molar refractivity (Wildman–Crippen MR) is 73.1 cm³/mol. The molecule has 0 aromatic heterocycles. The molecule has 21 heavy (non-hydrogen) atoms. The van der Waals surface area contributed by atoms with Crippen molar-refractivity contribution in [1.82, 2.24) is 0 Å². The van der Waals surface area contributed by atoms with Crippen LogP contribution < -0.4 is 4.74 Å². The Morgan fingerprint density at radius 3 is 2.67 bits per heavy atom. The van der Waals surface area contributed by atoms with Gasteiger partial charge >= 0.3 is 0 Å². The summed E-state index contributed by atoms with van der Waals surface area (Å²) in [6.45, 7) is 1.34. The number of hydrogen-bond acceptors (Lipinski definition) is 3. The normalized spacial score (nSPS) is 12.0. The van der Waals surface area contributed by atoms with Crippen LogP contribution in [0.4, 0.5) is 8.78 Å². The van der Waals surface area contributed by atoms with Gasteiger partial charge in [-0.3, -0.25) is 4.79 Å². The first-order valence-corrected chi connectivity index (χ1v) is 6.37. The summed E-state index contributed by atoms with van der Waals surface area (Å²) in [7, 11) is 0. The molecule has 2 aromatic carbocycles. The van der Waals surface area contributed by atoms with Crippen molar-refractivity contribution in [3.8, 4) is 5.75 Å². The molecule has 5 heteroatoms. The Kier molecular flexibility index (Phi) is 4.65. The number of ketones is 1. The molecular weight excluding hydrogens is 278 g/mol. The first-order valence-electron chi connectivity index (χ1n) is 6.37. The third kappa shape index (κ3) is 3.64. The topological polar surface area (TPSA) is 46.5 Å². The van der Waals surface area contributed by atoms with Crippen molar-refractivity contribution in [3.05, 3.63) is 65.2 Å². The van der Waals surface area contributed by atoms with Gasteiger partial charge in [0.25, 0.3) is 0 Å². The first-order chi connectivity index (χ1) is 10.0. The van der Waals surface area contributed by atoms with Crippen LogP contribution in [0.15, 0.2) is 42.5 Å². The van der Waals surface area contributed by atoms with Gasteiger partial charge in [0, 0.05) is 6.07 Å². The lowest BCUT2D eigenvalue weighted by atomic mass is 10.1. The van der Waals surface area contributed by atoms with E-state index in [2.05, 4.69) is 0 Å². The standard InChI is InChI=1S/C16H14F2O3/c1-10(21-13-4-2-3-11(7-13)9-19)16(20)14-6-5-12(17)8-15(14)18/h2-8,10,19H,9H2,1H3. The molecule has 0 amide bonds. The van der Waals surface area contributed by atoms with E-state index in [4.69, 9.17) is 9.84 Å². The zero-order chi connectivity index (χ0) is 15.4. The summed E-state index contributed by atoms with van der Waals surface area (Å²) in [5.41, 5.74) is 0.419. The van der Waals surface area contributed by atoms with Gasteiger partial charge in [-0.2, -0.15) is 0 Å². The van der Waals surface area contributed by atoms with Crippen molar-refractivity contribution >= 4 is 5.78 Å². The number of Topliss-reactive ketones (excluding diaryl/α,β-unsaturated/α-hetero) is 1. The van der Waals surface area contributed by atoms with Gasteiger partial charge in [0.2, 0.25) is 5.78 Å². The largest absolute Gasteiger partial charge is 0.483 e. The molecule has 2 aromatic rings. The van der Waals surface area contributed by atoms with Gasteiger partial charge in [0.1, 0.15) is 17.4 Å². The molecule has 0 spiro atoms. The average Bonchev–Trinajstić information content (AvgIpc) is 2.46. The summed E-state index contributed by atoms with van der Waals surface area (Å²) >= 11 is 0. The fourth-order valence-corrected chi connectivity index (χ4v) is 1.88. The van der Waals surface area contributed by atoms with Gasteiger partial charge in [-0.1, -0.05) is 12.1 Å². The highest BCUT2D eigenvalue weighted by Crippen LogP contribution is 2.18. The maximum Gasteiger partial charge on any atom is 0.205 e. The third-order valence-corrected chi connectivity index (χ3v) is 2.96. The maximum absolute atomic E-state index is 13.6. The van der Waals surface area contributed by atoms with Crippen molar-refractivity contribution in [2.24, 2.45) is 0 Å². The molecule has 0 aliphatic rings. The number of carbonyl (C=O) groups excluding carboxylic acids is 1. The fraction of sp³-hybridized carbons (Fsp3) is 0.188. The number of halogens is 2. The molecule has 0 bridgehead atoms. The predicted octanol–water partition coefficient (Wildman–Crippen LogP) is 3.11. The van der Waals surface area contributed by atoms with Crippen LogP contribution in [0.1, 0.15) is 22.8 Å². The maximum atomic E-state index is 13.6. The number of aliphatic hydroxyl groups excluding tert-OH is 1. The van der Waals surface area contributed by atoms with Crippen LogP contribution in [0.3, 0.4) is 0 Å². The fourth-order valence-electron chi connectivity index (χ4n) is 1.88. The molecule has 1 unspecified atom stereocenters. The number of carbonyl (C=O) groups is 1. The summed E-state index contributed by atoms with van der Waals surface area (Å²) in [4.78, 5) is 12.1. The van der Waals surface area contributed by atoms with Gasteiger partial charge in [0.05, 0.1) is 12.2 Å². The van der Waals surface area contributed by atoms with E-state index < -0.39 is 23.5 Å². The number of ether oxygens (including phenoxy) is 1. The van der Waals surface area contributed by atoms with E-state index in [0.717, 1.165) is 12.1 Å². The average molecular weight is 292 g/mol. The molecule has 110 valence electrons. The second-order valence-corrected chi connectivity index (χ2v) is 4.55. The van der Waals surface area contributed by atoms with E-state index >= 15 is 0 Å². The highest BCUT2D eigenvalue weighted by atomic mass is 19.1. The summed E-state index contributed by atoms with van der Waals surface area (Å²) in [5.74, 6) is -1.85. The second kappa shape index (κ2) is 6.45. The van der Waals surface area contributed by atoms with Crippen LogP contribution >= 0.6 is 0 Å². The molecule has 0 fully saturated rings. The molecule has 0 heterocycles. The van der Waals surface area contributed by atoms with Gasteiger partial charge in [-0.25, -0.2) is 8.78 Å². The molecular formula is C16H14F2O3. The van der Waals surface area contributed by atoms with Crippen LogP contribution in [0.5, 0.6) is 5.75 Å². The van der Waals surface area contributed by atoms with Crippen molar-refractivity contribution in [1.29, 1.82) is 0 Å². The summed E-state index contributed by atoms with van der Waals surface area (Å²) in [5, 5.41) is 9.04. The smallest absolute Gasteiger partial charge is 0.205 e. The highest BCUT2D eigenvalue weighted by Gasteiger charge is 2.20. The zero-order valence-corrected chi connectivity index (χ0v) is 11.3. The molecule has 0 saturated carbocycles. The zero-order valence-electron chi connectivity index (χ0n) is 11.3. The van der Waals surface area contributed by atoms with Crippen LogP contribution in [0.25, 0.3) is 0 Å². The SMILES string of the molecule is CC(Oc1cccc(CO)c1)C(=O)c1ccc(F)cc1F. The van der Waals surface area contributed by atoms with E-state index in [1.165, 1.54) is 6.92 Å². The van der Waals surface area contributed by atoms with Crippen LogP contribution in [0, 0.1) is 11.6 Å². The minimum atomic E-state index is -0.932. The lowest BCUT2D eigenvalue weighted by Gasteiger charge is -2.14. The van der Waals surface area contributed by atoms with Crippen molar-refractivity contribution in [3.63, 3.8) is 0 Å². The quantitative estimate of drug-likeness (QED) is 0.861. The van der Waals surface area contributed by atoms with Crippen molar-refractivity contribution < 1.29 is 23.4 Å². The molecule has 0 radical (unpaired) electrons. The molecule has 1 atom stereocenters. The number of aliphatic hydroxyl groups is 1. The minimum Gasteiger partial charge on any atom is -0.483 e. The summed E-state index contributed by atoms with van der Waals surface area (Å²) in [6.07, 6.45) is -0.932. The number of hydrogen-bond donors (Lipinski definition) is 1. The third-order valence-electron chi connectivity index (χ3n) is 2.96. The lowest BCUT2D eigenvalue weighted by Crippen LogP contribution is -2.25. The Morgan fingerprint density at radius 2 is 2.00 bits per heavy atom. The molecule has 1 N–H and O–H groups in total. The van der Waals surface area contributed by atoms with Gasteiger partial charge in [-0.15, -0.1) is 0 Å². The molecule has 3 nitrogen and oxygen atoms in total. The second-order valence-electron chi connectivity index (χ2n) is 4.55. The van der Waals surface area contributed by atoms with E-state index in [-0.39, 0.29) is 12.2 Å². The Balaban J connectivity index is 2.15. The molecule has 2 rings (SSSR count). The van der Waals surface area contributed by atoms with E-state index in [9.17, 15) is 13.6 Å². The Bertz CT molecular complexity index is 656. The molecule has 0 aliphatic heterocycles. The number of benzene rings is 2. The Labute approximate surface area is 120 Å². The van der Waals surface area contributed by atoms with Crippen LogP contribution in [-0.4, -0.2) is 17.0 Å². The van der Waals surface area contributed by atoms with Gasteiger partial charge in [0.15, 0.2) is 6.10 Å². The van der Waals surface area contributed by atoms with Crippen molar-refractivity contribution in [2.45, 2.75) is 19.6 Å². The van der Waals surface area contributed by atoms with E-state index in [1.54, 1.807) is 24.3 Å². The molecule has 0 saturated heterocycles. The monoisotopic (exact) mass is 292 g/mol. The number of rotatable bonds is 5. The first kappa shape index (κ1) is 15.1. The van der Waals surface area contributed by atoms with Crippen LogP contribution in [-0.2, 0) is 6.61 Å². The van der Waals surface area contributed by atoms with Crippen LogP contribution in [0.2, 0.25) is 0 Å². The van der Waals surface area contributed by atoms with Gasteiger partial charge < -0.3 is 9.84 Å². The lowest BCUT2D eigenvalue weighted by molar-refractivity contribution is 0.0813. The highest BCUT2D eigenvalue weighted by molar-refractivity contribution is 5.99. The van der Waals surface area contributed by atoms with Crippen molar-refractivity contribution in [2.75, 3.05) is 0 Å². The summed E-state index contributed by atoms with van der Waals surface area (Å²) < 4.78 is 31.8.